The Morgan fingerprint density at radius 2 is 2.06 bits per heavy atom. The van der Waals surface area contributed by atoms with Gasteiger partial charge in [-0.15, -0.1) is 10.2 Å². The van der Waals surface area contributed by atoms with E-state index in [0.29, 0.717) is 5.75 Å². The van der Waals surface area contributed by atoms with Crippen LogP contribution in [0.3, 0.4) is 0 Å². The molecular weight excluding hydrogens is 220 g/mol. The van der Waals surface area contributed by atoms with Crippen molar-refractivity contribution in [2.75, 3.05) is 0 Å². The van der Waals surface area contributed by atoms with Gasteiger partial charge in [0.1, 0.15) is 5.75 Å². The lowest BCUT2D eigenvalue weighted by atomic mass is 10.2. The molecule has 86 valence electrons. The summed E-state index contributed by atoms with van der Waals surface area (Å²) >= 11 is 0. The number of nitrogens with zero attached hydrogens (tertiary/aromatic N) is 2. The van der Waals surface area contributed by atoms with Gasteiger partial charge in [-0.3, -0.25) is 0 Å². The lowest BCUT2D eigenvalue weighted by molar-refractivity contribution is 0.0689. The number of ether oxygens (including phenoxy) is 1. The van der Waals surface area contributed by atoms with Crippen molar-refractivity contribution in [1.29, 1.82) is 0 Å². The van der Waals surface area contributed by atoms with Gasteiger partial charge in [-0.25, -0.2) is 4.79 Å². The van der Waals surface area contributed by atoms with Crippen molar-refractivity contribution < 1.29 is 14.6 Å². The van der Waals surface area contributed by atoms with Crippen LogP contribution in [0, 0.1) is 6.92 Å². The largest absolute Gasteiger partial charge is 0.476 e. The number of aromatic nitrogens is 2. The van der Waals surface area contributed by atoms with Crippen LogP contribution in [0.2, 0.25) is 0 Å². The van der Waals surface area contributed by atoms with Gasteiger partial charge in [0.05, 0.1) is 0 Å². The van der Waals surface area contributed by atoms with Gasteiger partial charge in [0.15, 0.2) is 5.69 Å². The molecule has 5 heteroatoms. The molecule has 0 saturated carbocycles. The SMILES string of the molecule is Cc1cccc(Oc2ccc(C(=O)O)nn2)c1. The van der Waals surface area contributed by atoms with Gasteiger partial charge in [-0.05, 0) is 30.7 Å². The molecule has 2 aromatic rings. The van der Waals surface area contributed by atoms with Crippen LogP contribution in [0.4, 0.5) is 0 Å². The molecule has 0 atom stereocenters. The number of hydrogen-bond acceptors (Lipinski definition) is 4. The molecular formula is C12H10N2O3. The Morgan fingerprint density at radius 1 is 1.24 bits per heavy atom. The number of carbonyl (C=O) groups is 1. The van der Waals surface area contributed by atoms with Gasteiger partial charge in [-0.1, -0.05) is 12.1 Å². The molecule has 0 amide bonds. The van der Waals surface area contributed by atoms with E-state index >= 15 is 0 Å². The van der Waals surface area contributed by atoms with E-state index in [4.69, 9.17) is 9.84 Å². The molecule has 2 rings (SSSR count). The summed E-state index contributed by atoms with van der Waals surface area (Å²) in [6, 6.07) is 10.3. The third kappa shape index (κ3) is 2.78. The topological polar surface area (TPSA) is 72.3 Å². The molecule has 5 nitrogen and oxygen atoms in total. The van der Waals surface area contributed by atoms with E-state index in [1.807, 2.05) is 25.1 Å². The van der Waals surface area contributed by atoms with Gasteiger partial charge < -0.3 is 9.84 Å². The number of benzene rings is 1. The quantitative estimate of drug-likeness (QED) is 0.875. The monoisotopic (exact) mass is 230 g/mol. The number of carboxylic acids is 1. The molecule has 0 bridgehead atoms. The van der Waals surface area contributed by atoms with E-state index < -0.39 is 5.97 Å². The summed E-state index contributed by atoms with van der Waals surface area (Å²) in [5.74, 6) is -0.206. The van der Waals surface area contributed by atoms with E-state index in [-0.39, 0.29) is 11.6 Å². The number of aryl methyl sites for hydroxylation is 1. The van der Waals surface area contributed by atoms with E-state index in [9.17, 15) is 4.79 Å². The van der Waals surface area contributed by atoms with Crippen molar-refractivity contribution in [2.24, 2.45) is 0 Å². The van der Waals surface area contributed by atoms with Crippen LogP contribution in [-0.4, -0.2) is 21.3 Å². The molecule has 0 aliphatic rings. The molecule has 1 N–H and O–H groups in total. The lowest BCUT2D eigenvalue weighted by Crippen LogP contribution is -2.02. The fourth-order valence-corrected chi connectivity index (χ4v) is 1.29. The minimum absolute atomic E-state index is 0.110. The van der Waals surface area contributed by atoms with Crippen molar-refractivity contribution in [3.63, 3.8) is 0 Å². The summed E-state index contributed by atoms with van der Waals surface area (Å²) in [6.07, 6.45) is 0. The molecule has 0 aliphatic carbocycles. The third-order valence-corrected chi connectivity index (χ3v) is 2.07. The van der Waals surface area contributed by atoms with Crippen LogP contribution in [0.15, 0.2) is 36.4 Å². The van der Waals surface area contributed by atoms with Crippen LogP contribution < -0.4 is 4.74 Å². The Morgan fingerprint density at radius 3 is 2.65 bits per heavy atom. The van der Waals surface area contributed by atoms with Crippen LogP contribution in [-0.2, 0) is 0 Å². The fourth-order valence-electron chi connectivity index (χ4n) is 1.29. The standard InChI is InChI=1S/C12H10N2O3/c1-8-3-2-4-9(7-8)17-11-6-5-10(12(15)16)13-14-11/h2-7H,1H3,(H,15,16). The maximum Gasteiger partial charge on any atom is 0.356 e. The van der Waals surface area contributed by atoms with Crippen molar-refractivity contribution in [1.82, 2.24) is 10.2 Å². The average Bonchev–Trinajstić information content (AvgIpc) is 2.29. The normalized spacial score (nSPS) is 9.94. The van der Waals surface area contributed by atoms with Crippen LogP contribution in [0.5, 0.6) is 11.6 Å². The van der Waals surface area contributed by atoms with Crippen molar-refractivity contribution in [3.8, 4) is 11.6 Å². The van der Waals surface area contributed by atoms with Crippen molar-refractivity contribution in [2.45, 2.75) is 6.92 Å². The van der Waals surface area contributed by atoms with E-state index in [1.54, 1.807) is 6.07 Å². The number of hydrogen-bond donors (Lipinski definition) is 1. The minimum Gasteiger partial charge on any atom is -0.476 e. The van der Waals surface area contributed by atoms with Gasteiger partial charge >= 0.3 is 5.97 Å². The summed E-state index contributed by atoms with van der Waals surface area (Å²) < 4.78 is 5.43. The highest BCUT2D eigenvalue weighted by Crippen LogP contribution is 2.19. The first-order chi connectivity index (χ1) is 8.15. The second kappa shape index (κ2) is 4.61. The smallest absolute Gasteiger partial charge is 0.356 e. The van der Waals surface area contributed by atoms with E-state index in [1.165, 1.54) is 12.1 Å². The van der Waals surface area contributed by atoms with E-state index in [2.05, 4.69) is 10.2 Å². The molecule has 1 heterocycles. The number of aromatic carboxylic acids is 1. The summed E-state index contributed by atoms with van der Waals surface area (Å²) in [4.78, 5) is 10.6. The number of carboxylic acid groups (broad SMARTS) is 1. The molecule has 0 aliphatic heterocycles. The molecule has 17 heavy (non-hydrogen) atoms. The Balaban J connectivity index is 2.16. The Labute approximate surface area is 97.7 Å². The lowest BCUT2D eigenvalue weighted by Gasteiger charge is -2.04. The van der Waals surface area contributed by atoms with Gasteiger partial charge in [-0.2, -0.15) is 0 Å². The molecule has 0 fully saturated rings. The fraction of sp³-hybridized carbons (Fsp3) is 0.0833. The summed E-state index contributed by atoms with van der Waals surface area (Å²) in [7, 11) is 0. The van der Waals surface area contributed by atoms with Gasteiger partial charge in [0, 0.05) is 6.07 Å². The summed E-state index contributed by atoms with van der Waals surface area (Å²) in [6.45, 7) is 1.95. The van der Waals surface area contributed by atoms with Gasteiger partial charge in [0.25, 0.3) is 0 Å². The Hall–Kier alpha value is -2.43. The predicted molar refractivity (Wildman–Crippen MR) is 60.2 cm³/mol. The molecule has 0 radical (unpaired) electrons. The average molecular weight is 230 g/mol. The maximum absolute atomic E-state index is 10.6. The molecule has 1 aromatic carbocycles. The third-order valence-electron chi connectivity index (χ3n) is 2.07. The van der Waals surface area contributed by atoms with Crippen LogP contribution in [0.1, 0.15) is 16.1 Å². The highest BCUT2D eigenvalue weighted by atomic mass is 16.5. The Kier molecular flexibility index (Phi) is 3.00. The highest BCUT2D eigenvalue weighted by Gasteiger charge is 2.06. The first kappa shape index (κ1) is 11.1. The van der Waals surface area contributed by atoms with Crippen LogP contribution in [0.25, 0.3) is 0 Å². The minimum atomic E-state index is -1.11. The van der Waals surface area contributed by atoms with Crippen molar-refractivity contribution in [3.05, 3.63) is 47.7 Å². The second-order valence-electron chi connectivity index (χ2n) is 3.48. The first-order valence-corrected chi connectivity index (χ1v) is 4.97. The molecule has 0 saturated heterocycles. The zero-order valence-corrected chi connectivity index (χ0v) is 9.12. The van der Waals surface area contributed by atoms with E-state index in [0.717, 1.165) is 5.56 Å². The summed E-state index contributed by atoms with van der Waals surface area (Å²) in [5.41, 5.74) is 0.958. The second-order valence-corrected chi connectivity index (χ2v) is 3.48. The van der Waals surface area contributed by atoms with Gasteiger partial charge in [0.2, 0.25) is 5.88 Å². The highest BCUT2D eigenvalue weighted by molar-refractivity contribution is 5.84. The van der Waals surface area contributed by atoms with Crippen LogP contribution >= 0.6 is 0 Å². The molecule has 1 aromatic heterocycles. The van der Waals surface area contributed by atoms with Crippen molar-refractivity contribution >= 4 is 5.97 Å². The summed E-state index contributed by atoms with van der Waals surface area (Å²) in [5, 5.41) is 15.9. The maximum atomic E-state index is 10.6. The zero-order chi connectivity index (χ0) is 12.3. The number of rotatable bonds is 3. The first-order valence-electron chi connectivity index (χ1n) is 4.97. The molecule has 0 spiro atoms. The predicted octanol–water partition coefficient (Wildman–Crippen LogP) is 2.28. The zero-order valence-electron chi connectivity index (χ0n) is 9.12. The Bertz CT molecular complexity index is 538. The molecule has 0 unspecified atom stereocenters.